The van der Waals surface area contributed by atoms with Gasteiger partial charge in [0.15, 0.2) is 0 Å². The summed E-state index contributed by atoms with van der Waals surface area (Å²) in [5, 5.41) is 13.5. The summed E-state index contributed by atoms with van der Waals surface area (Å²) >= 11 is 0. The Kier molecular flexibility index (Phi) is 6.32. The van der Waals surface area contributed by atoms with Crippen LogP contribution in [0.2, 0.25) is 0 Å². The molecule has 0 saturated heterocycles. The van der Waals surface area contributed by atoms with Crippen molar-refractivity contribution in [2.45, 2.75) is 33.4 Å². The van der Waals surface area contributed by atoms with Crippen LogP contribution in [0.3, 0.4) is 0 Å². The molecular formula is C23H28N2O2. The van der Waals surface area contributed by atoms with Gasteiger partial charge in [0.05, 0.1) is 5.69 Å². The lowest BCUT2D eigenvalue weighted by atomic mass is 10.0. The summed E-state index contributed by atoms with van der Waals surface area (Å²) in [5.41, 5.74) is 6.21. The Balaban J connectivity index is 1.56. The number of rotatable bonds is 8. The van der Waals surface area contributed by atoms with Crippen molar-refractivity contribution in [2.75, 3.05) is 13.2 Å². The molecule has 2 aromatic carbocycles. The molecule has 3 aromatic rings. The highest BCUT2D eigenvalue weighted by molar-refractivity contribution is 5.50. The van der Waals surface area contributed by atoms with Gasteiger partial charge in [0.1, 0.15) is 18.5 Å². The molecule has 1 atom stereocenters. The van der Waals surface area contributed by atoms with Gasteiger partial charge in [0.25, 0.3) is 0 Å². The van der Waals surface area contributed by atoms with Crippen molar-refractivity contribution >= 4 is 0 Å². The van der Waals surface area contributed by atoms with Gasteiger partial charge in [-0.3, -0.25) is 0 Å². The lowest BCUT2D eigenvalue weighted by molar-refractivity contribution is 0.106. The van der Waals surface area contributed by atoms with Gasteiger partial charge < -0.3 is 19.7 Å². The molecule has 142 valence electrons. The number of ether oxygens (including phenoxy) is 1. The van der Waals surface area contributed by atoms with E-state index in [-0.39, 0.29) is 6.61 Å². The quantitative estimate of drug-likeness (QED) is 0.637. The maximum atomic E-state index is 10.1. The molecular weight excluding hydrogens is 336 g/mol. The van der Waals surface area contributed by atoms with Gasteiger partial charge >= 0.3 is 0 Å². The zero-order valence-corrected chi connectivity index (χ0v) is 16.3. The zero-order chi connectivity index (χ0) is 19.2. The van der Waals surface area contributed by atoms with Gasteiger partial charge in [-0.2, -0.15) is 0 Å². The largest absolute Gasteiger partial charge is 0.491 e. The van der Waals surface area contributed by atoms with Gasteiger partial charge in [0.2, 0.25) is 0 Å². The van der Waals surface area contributed by atoms with Crippen LogP contribution in [-0.2, 0) is 6.54 Å². The minimum atomic E-state index is -0.559. The third-order valence-electron chi connectivity index (χ3n) is 4.58. The molecule has 0 bridgehead atoms. The Labute approximate surface area is 161 Å². The van der Waals surface area contributed by atoms with Crippen molar-refractivity contribution in [3.63, 3.8) is 0 Å². The maximum Gasteiger partial charge on any atom is 0.119 e. The molecule has 0 radical (unpaired) electrons. The number of hydrogen-bond acceptors (Lipinski definition) is 3. The maximum absolute atomic E-state index is 10.1. The first-order chi connectivity index (χ1) is 13.0. The standard InChI is InChI=1S/C23H28N2O2/c1-17-12-18(2)23(19(3)13-17)25-11-7-8-20(25)14-24-15-21(26)16-27-22-9-5-4-6-10-22/h4-13,21,24,26H,14-16H2,1-3H3. The molecule has 1 unspecified atom stereocenters. The van der Waals surface area contributed by atoms with Crippen LogP contribution in [0, 0.1) is 20.8 Å². The fourth-order valence-electron chi connectivity index (χ4n) is 3.47. The molecule has 1 aromatic heterocycles. The third-order valence-corrected chi connectivity index (χ3v) is 4.58. The second-order valence-electron chi connectivity index (χ2n) is 7.03. The lowest BCUT2D eigenvalue weighted by Crippen LogP contribution is -2.31. The fourth-order valence-corrected chi connectivity index (χ4v) is 3.47. The molecule has 0 spiro atoms. The average Bonchev–Trinajstić information content (AvgIpc) is 3.08. The Morgan fingerprint density at radius 1 is 1.00 bits per heavy atom. The number of aliphatic hydroxyl groups excluding tert-OH is 1. The Hall–Kier alpha value is -2.56. The van der Waals surface area contributed by atoms with Crippen LogP contribution in [0.1, 0.15) is 22.4 Å². The SMILES string of the molecule is Cc1cc(C)c(-n2cccc2CNCC(O)COc2ccccc2)c(C)c1. The Morgan fingerprint density at radius 3 is 2.41 bits per heavy atom. The van der Waals surface area contributed by atoms with Crippen molar-refractivity contribution in [3.8, 4) is 11.4 Å². The van der Waals surface area contributed by atoms with Gasteiger partial charge in [0, 0.05) is 25.0 Å². The second-order valence-corrected chi connectivity index (χ2v) is 7.03. The number of aromatic nitrogens is 1. The highest BCUT2D eigenvalue weighted by atomic mass is 16.5. The zero-order valence-electron chi connectivity index (χ0n) is 16.3. The number of nitrogens with zero attached hydrogens (tertiary/aromatic N) is 1. The van der Waals surface area contributed by atoms with E-state index in [1.165, 1.54) is 28.1 Å². The van der Waals surface area contributed by atoms with E-state index < -0.39 is 6.10 Å². The normalized spacial score (nSPS) is 12.1. The van der Waals surface area contributed by atoms with E-state index in [0.29, 0.717) is 13.1 Å². The van der Waals surface area contributed by atoms with Crippen LogP contribution >= 0.6 is 0 Å². The van der Waals surface area contributed by atoms with E-state index in [1.807, 2.05) is 30.3 Å². The first-order valence-corrected chi connectivity index (χ1v) is 9.35. The van der Waals surface area contributed by atoms with Crippen molar-refractivity contribution in [1.29, 1.82) is 0 Å². The van der Waals surface area contributed by atoms with E-state index in [2.05, 4.69) is 61.1 Å². The third kappa shape index (κ3) is 5.00. The van der Waals surface area contributed by atoms with Crippen molar-refractivity contribution in [3.05, 3.63) is 83.2 Å². The monoisotopic (exact) mass is 364 g/mol. The first kappa shape index (κ1) is 19.2. The summed E-state index contributed by atoms with van der Waals surface area (Å²) in [5.74, 6) is 0.774. The van der Waals surface area contributed by atoms with E-state index in [4.69, 9.17) is 4.74 Å². The topological polar surface area (TPSA) is 46.4 Å². The van der Waals surface area contributed by atoms with Crippen molar-refractivity contribution in [2.24, 2.45) is 0 Å². The molecule has 4 heteroatoms. The molecule has 1 heterocycles. The second kappa shape index (κ2) is 8.89. The molecule has 0 fully saturated rings. The van der Waals surface area contributed by atoms with Crippen LogP contribution in [0.25, 0.3) is 5.69 Å². The van der Waals surface area contributed by atoms with E-state index in [1.54, 1.807) is 0 Å². The molecule has 0 aliphatic heterocycles. The summed E-state index contributed by atoms with van der Waals surface area (Å²) in [7, 11) is 0. The highest BCUT2D eigenvalue weighted by Crippen LogP contribution is 2.23. The number of hydrogen-bond donors (Lipinski definition) is 2. The Bertz CT molecular complexity index is 848. The van der Waals surface area contributed by atoms with Crippen LogP contribution in [0.4, 0.5) is 0 Å². The summed E-state index contributed by atoms with van der Waals surface area (Å²) in [6, 6.07) is 18.2. The van der Waals surface area contributed by atoms with Crippen LogP contribution in [0.5, 0.6) is 5.75 Å². The summed E-state index contributed by atoms with van der Waals surface area (Å²) in [6.45, 7) is 7.86. The smallest absolute Gasteiger partial charge is 0.119 e. The minimum Gasteiger partial charge on any atom is -0.491 e. The predicted molar refractivity (Wildman–Crippen MR) is 110 cm³/mol. The molecule has 0 aliphatic carbocycles. The fraction of sp³-hybridized carbons (Fsp3) is 0.304. The van der Waals surface area contributed by atoms with Gasteiger partial charge in [-0.15, -0.1) is 0 Å². The number of benzene rings is 2. The van der Waals surface area contributed by atoms with Crippen LogP contribution in [-0.4, -0.2) is 28.9 Å². The highest BCUT2D eigenvalue weighted by Gasteiger charge is 2.11. The summed E-state index contributed by atoms with van der Waals surface area (Å²) < 4.78 is 7.82. The molecule has 3 rings (SSSR count). The van der Waals surface area contributed by atoms with Crippen molar-refractivity contribution in [1.82, 2.24) is 9.88 Å². The summed E-state index contributed by atoms with van der Waals surface area (Å²) in [4.78, 5) is 0. The molecule has 0 aliphatic rings. The van der Waals surface area contributed by atoms with Gasteiger partial charge in [-0.1, -0.05) is 35.9 Å². The molecule has 4 nitrogen and oxygen atoms in total. The van der Waals surface area contributed by atoms with E-state index >= 15 is 0 Å². The first-order valence-electron chi connectivity index (χ1n) is 9.35. The van der Waals surface area contributed by atoms with Gasteiger partial charge in [-0.05, 0) is 56.2 Å². The van der Waals surface area contributed by atoms with E-state index in [0.717, 1.165) is 5.75 Å². The average molecular weight is 364 g/mol. The minimum absolute atomic E-state index is 0.272. The number of para-hydroxylation sites is 1. The molecule has 27 heavy (non-hydrogen) atoms. The van der Waals surface area contributed by atoms with Gasteiger partial charge in [-0.25, -0.2) is 0 Å². The Morgan fingerprint density at radius 2 is 1.70 bits per heavy atom. The van der Waals surface area contributed by atoms with Crippen LogP contribution in [0.15, 0.2) is 60.8 Å². The lowest BCUT2D eigenvalue weighted by Gasteiger charge is -2.17. The molecule has 2 N–H and O–H groups in total. The predicted octanol–water partition coefficient (Wildman–Crippen LogP) is 3.93. The molecule has 0 saturated carbocycles. The number of aliphatic hydroxyl groups is 1. The number of nitrogens with one attached hydrogen (secondary N) is 1. The summed E-state index contributed by atoms with van der Waals surface area (Å²) in [6.07, 6.45) is 1.54. The van der Waals surface area contributed by atoms with E-state index in [9.17, 15) is 5.11 Å². The molecule has 0 amide bonds. The van der Waals surface area contributed by atoms with Crippen LogP contribution < -0.4 is 10.1 Å². The number of aryl methyl sites for hydroxylation is 3. The van der Waals surface area contributed by atoms with Crippen molar-refractivity contribution < 1.29 is 9.84 Å².